The molecule has 1 saturated heterocycles. The van der Waals surface area contributed by atoms with E-state index in [-0.39, 0.29) is 24.2 Å². The molecule has 0 bridgehead atoms. The van der Waals surface area contributed by atoms with Crippen LogP contribution in [0.4, 0.5) is 11.4 Å². The first-order chi connectivity index (χ1) is 12.0. The molecule has 0 aromatic heterocycles. The molecule has 1 heterocycles. The van der Waals surface area contributed by atoms with E-state index in [1.54, 1.807) is 4.90 Å². The van der Waals surface area contributed by atoms with Crippen LogP contribution in [-0.2, 0) is 16.0 Å². The second-order valence-corrected chi connectivity index (χ2v) is 7.20. The van der Waals surface area contributed by atoms with E-state index in [1.165, 1.54) is 0 Å². The van der Waals surface area contributed by atoms with Crippen molar-refractivity contribution in [2.75, 3.05) is 16.8 Å². The van der Waals surface area contributed by atoms with Gasteiger partial charge in [0.1, 0.15) is 0 Å². The van der Waals surface area contributed by atoms with Crippen LogP contribution in [0.2, 0.25) is 0 Å². The molecule has 0 spiro atoms. The molecule has 0 radical (unpaired) electrons. The van der Waals surface area contributed by atoms with Crippen LogP contribution in [0.3, 0.4) is 0 Å². The molecule has 1 N–H and O–H groups in total. The van der Waals surface area contributed by atoms with Crippen LogP contribution in [0.5, 0.6) is 0 Å². The topological polar surface area (TPSA) is 49.4 Å². The van der Waals surface area contributed by atoms with Gasteiger partial charge in [0.25, 0.3) is 0 Å². The molecule has 1 atom stereocenters. The van der Waals surface area contributed by atoms with E-state index in [1.807, 2.05) is 49.4 Å². The third-order valence-corrected chi connectivity index (χ3v) is 5.47. The molecule has 0 saturated carbocycles. The van der Waals surface area contributed by atoms with Crippen molar-refractivity contribution in [3.05, 3.63) is 58.1 Å². The van der Waals surface area contributed by atoms with E-state index >= 15 is 0 Å². The number of anilines is 2. The van der Waals surface area contributed by atoms with Crippen LogP contribution < -0.4 is 10.2 Å². The smallest absolute Gasteiger partial charge is 0.229 e. The molecule has 130 valence electrons. The van der Waals surface area contributed by atoms with Crippen LogP contribution in [-0.4, -0.2) is 18.4 Å². The Morgan fingerprint density at radius 3 is 2.76 bits per heavy atom. The highest BCUT2D eigenvalue weighted by atomic mass is 79.9. The maximum absolute atomic E-state index is 12.6. The highest BCUT2D eigenvalue weighted by molar-refractivity contribution is 9.10. The van der Waals surface area contributed by atoms with Gasteiger partial charge in [0.15, 0.2) is 0 Å². The molecule has 2 aromatic rings. The number of amides is 2. The van der Waals surface area contributed by atoms with Crippen molar-refractivity contribution in [3.63, 3.8) is 0 Å². The summed E-state index contributed by atoms with van der Waals surface area (Å²) in [5.41, 5.74) is 3.86. The molecule has 1 aliphatic rings. The quantitative estimate of drug-likeness (QED) is 0.830. The summed E-state index contributed by atoms with van der Waals surface area (Å²) in [6, 6.07) is 13.6. The fourth-order valence-electron chi connectivity index (χ4n) is 3.16. The Labute approximate surface area is 156 Å². The van der Waals surface area contributed by atoms with Crippen molar-refractivity contribution < 1.29 is 9.59 Å². The Hall–Kier alpha value is -2.14. The molecule has 2 amide bonds. The zero-order valence-corrected chi connectivity index (χ0v) is 16.0. The van der Waals surface area contributed by atoms with Gasteiger partial charge < -0.3 is 10.2 Å². The zero-order chi connectivity index (χ0) is 18.0. The Bertz CT molecular complexity index is 819. The fourth-order valence-corrected chi connectivity index (χ4v) is 3.40. The van der Waals surface area contributed by atoms with Gasteiger partial charge in [0.05, 0.1) is 5.92 Å². The van der Waals surface area contributed by atoms with Gasteiger partial charge in [-0.05, 0) is 48.7 Å². The van der Waals surface area contributed by atoms with E-state index in [0.717, 1.165) is 33.4 Å². The lowest BCUT2D eigenvalue weighted by Gasteiger charge is -2.20. The lowest BCUT2D eigenvalue weighted by atomic mass is 10.1. The van der Waals surface area contributed by atoms with Gasteiger partial charge in [-0.3, -0.25) is 9.59 Å². The highest BCUT2D eigenvalue weighted by Crippen LogP contribution is 2.29. The van der Waals surface area contributed by atoms with Crippen LogP contribution in [0.1, 0.15) is 24.5 Å². The number of para-hydroxylation sites is 1. The summed E-state index contributed by atoms with van der Waals surface area (Å²) in [5.74, 6) is -0.430. The minimum Gasteiger partial charge on any atom is -0.326 e. The van der Waals surface area contributed by atoms with Crippen molar-refractivity contribution in [2.24, 2.45) is 5.92 Å². The molecule has 0 aliphatic carbocycles. The van der Waals surface area contributed by atoms with E-state index in [4.69, 9.17) is 0 Å². The summed E-state index contributed by atoms with van der Waals surface area (Å²) >= 11 is 3.45. The average molecular weight is 401 g/mol. The summed E-state index contributed by atoms with van der Waals surface area (Å²) < 4.78 is 1.00. The zero-order valence-electron chi connectivity index (χ0n) is 14.4. The minimum absolute atomic E-state index is 0.00744. The average Bonchev–Trinajstić information content (AvgIpc) is 3.00. The number of halogens is 1. The largest absolute Gasteiger partial charge is 0.326 e. The Morgan fingerprint density at radius 1 is 1.28 bits per heavy atom. The van der Waals surface area contributed by atoms with Gasteiger partial charge in [-0.2, -0.15) is 0 Å². The first-order valence-electron chi connectivity index (χ1n) is 8.45. The molecule has 3 rings (SSSR count). The first-order valence-corrected chi connectivity index (χ1v) is 9.24. The molecule has 5 heteroatoms. The fraction of sp³-hybridized carbons (Fsp3) is 0.300. The summed E-state index contributed by atoms with van der Waals surface area (Å²) in [6.45, 7) is 4.47. The number of carbonyl (C=O) groups is 2. The molecular formula is C20H21BrN2O2. The second kappa shape index (κ2) is 7.40. The lowest BCUT2D eigenvalue weighted by molar-refractivity contribution is -0.122. The number of hydrogen-bond donors (Lipinski definition) is 1. The monoisotopic (exact) mass is 400 g/mol. The van der Waals surface area contributed by atoms with Gasteiger partial charge in [-0.1, -0.05) is 41.1 Å². The van der Waals surface area contributed by atoms with E-state index in [9.17, 15) is 9.59 Å². The van der Waals surface area contributed by atoms with Crippen LogP contribution in [0.25, 0.3) is 0 Å². The van der Waals surface area contributed by atoms with Crippen molar-refractivity contribution in [2.45, 2.75) is 26.7 Å². The first kappa shape index (κ1) is 17.7. The molecule has 1 aliphatic heterocycles. The van der Waals surface area contributed by atoms with Crippen molar-refractivity contribution in [1.29, 1.82) is 0 Å². The standard InChI is InChI=1S/C20H21BrN2O2/c1-3-14-6-4-5-7-18(14)23-12-15(11-19(23)24)20(25)22-16-8-9-17(21)13(2)10-16/h4-10,15H,3,11-12H2,1-2H3,(H,22,25)/t15-/m0/s1. The van der Waals surface area contributed by atoms with Gasteiger partial charge in [0, 0.05) is 28.8 Å². The number of nitrogens with one attached hydrogen (secondary N) is 1. The van der Waals surface area contributed by atoms with Gasteiger partial charge in [-0.25, -0.2) is 0 Å². The summed E-state index contributed by atoms with van der Waals surface area (Å²) in [5, 5.41) is 2.93. The van der Waals surface area contributed by atoms with Crippen molar-refractivity contribution in [3.8, 4) is 0 Å². The van der Waals surface area contributed by atoms with E-state index < -0.39 is 0 Å². The van der Waals surface area contributed by atoms with Crippen molar-refractivity contribution >= 4 is 39.1 Å². The summed E-state index contributed by atoms with van der Waals surface area (Å²) in [7, 11) is 0. The lowest BCUT2D eigenvalue weighted by Crippen LogP contribution is -2.28. The third kappa shape index (κ3) is 3.76. The minimum atomic E-state index is -0.332. The highest BCUT2D eigenvalue weighted by Gasteiger charge is 2.35. The number of aryl methyl sites for hydroxylation is 2. The molecule has 1 fully saturated rings. The Balaban J connectivity index is 1.73. The van der Waals surface area contributed by atoms with E-state index in [2.05, 4.69) is 28.2 Å². The molecule has 4 nitrogen and oxygen atoms in total. The number of rotatable bonds is 4. The SMILES string of the molecule is CCc1ccccc1N1C[C@@H](C(=O)Nc2ccc(Br)c(C)c2)CC1=O. The van der Waals surface area contributed by atoms with Crippen molar-refractivity contribution in [1.82, 2.24) is 0 Å². The number of benzene rings is 2. The van der Waals surface area contributed by atoms with Crippen LogP contribution in [0, 0.1) is 12.8 Å². The predicted molar refractivity (Wildman–Crippen MR) is 104 cm³/mol. The summed E-state index contributed by atoms with van der Waals surface area (Å²) in [4.78, 5) is 26.8. The molecular weight excluding hydrogens is 380 g/mol. The second-order valence-electron chi connectivity index (χ2n) is 6.34. The van der Waals surface area contributed by atoms with Gasteiger partial charge in [0.2, 0.25) is 11.8 Å². The predicted octanol–water partition coefficient (Wildman–Crippen LogP) is 4.31. The van der Waals surface area contributed by atoms with Crippen LogP contribution in [0.15, 0.2) is 46.9 Å². The molecule has 0 unspecified atom stereocenters. The van der Waals surface area contributed by atoms with E-state index in [0.29, 0.717) is 6.54 Å². The van der Waals surface area contributed by atoms with Gasteiger partial charge >= 0.3 is 0 Å². The van der Waals surface area contributed by atoms with Crippen LogP contribution >= 0.6 is 15.9 Å². The van der Waals surface area contributed by atoms with Gasteiger partial charge in [-0.15, -0.1) is 0 Å². The number of carbonyl (C=O) groups excluding carboxylic acids is 2. The number of hydrogen-bond acceptors (Lipinski definition) is 2. The maximum atomic E-state index is 12.6. The normalized spacial score (nSPS) is 17.0. The summed E-state index contributed by atoms with van der Waals surface area (Å²) in [6.07, 6.45) is 1.11. The Morgan fingerprint density at radius 2 is 2.04 bits per heavy atom. The third-order valence-electron chi connectivity index (χ3n) is 4.58. The molecule has 25 heavy (non-hydrogen) atoms. The number of nitrogens with zero attached hydrogens (tertiary/aromatic N) is 1. The molecule has 2 aromatic carbocycles. The maximum Gasteiger partial charge on any atom is 0.229 e. The Kier molecular flexibility index (Phi) is 5.23.